The van der Waals surface area contributed by atoms with Crippen LogP contribution in [-0.2, 0) is 22.7 Å². The standard InChI is InChI=1S/C30H24BrClN2O7/c1-3-39-24-14-19(13-22-28(35)34(30(37)33-22)15-20-11-12-23(41-20)29(36)38-2)25(31)26(32)27(24)40-16-18-9-6-8-17-7-4-5-10-21(17)18/h4-14H,3,15-16H2,1-2H3,(H,33,37)/b22-13-. The van der Waals surface area contributed by atoms with Crippen molar-refractivity contribution >= 4 is 62.3 Å². The molecule has 0 saturated carbocycles. The number of amides is 3. The van der Waals surface area contributed by atoms with Crippen molar-refractivity contribution in [1.29, 1.82) is 0 Å². The maximum absolute atomic E-state index is 13.1. The average molecular weight is 640 g/mol. The number of methoxy groups -OCH3 is 1. The third-order valence-electron chi connectivity index (χ3n) is 6.33. The number of esters is 1. The number of ether oxygens (including phenoxy) is 3. The summed E-state index contributed by atoms with van der Waals surface area (Å²) in [6.07, 6.45) is 1.50. The van der Waals surface area contributed by atoms with Crippen LogP contribution in [0.15, 0.2) is 75.3 Å². The van der Waals surface area contributed by atoms with Gasteiger partial charge in [0, 0.05) is 4.47 Å². The number of imide groups is 1. The van der Waals surface area contributed by atoms with Gasteiger partial charge in [0.1, 0.15) is 23.1 Å². The van der Waals surface area contributed by atoms with Crippen LogP contribution in [0.2, 0.25) is 5.02 Å². The van der Waals surface area contributed by atoms with E-state index in [1.807, 2.05) is 49.4 Å². The number of benzene rings is 3. The van der Waals surface area contributed by atoms with E-state index >= 15 is 0 Å². The zero-order valence-electron chi connectivity index (χ0n) is 22.0. The lowest BCUT2D eigenvalue weighted by Gasteiger charge is -2.17. The Labute approximate surface area is 248 Å². The van der Waals surface area contributed by atoms with Crippen LogP contribution in [0.25, 0.3) is 16.8 Å². The minimum atomic E-state index is -0.662. The second-order valence-electron chi connectivity index (χ2n) is 8.92. The summed E-state index contributed by atoms with van der Waals surface area (Å²) in [5.74, 6) is -0.306. The lowest BCUT2D eigenvalue weighted by atomic mass is 10.1. The van der Waals surface area contributed by atoms with Crippen LogP contribution in [0.1, 0.15) is 34.4 Å². The summed E-state index contributed by atoms with van der Waals surface area (Å²) in [6.45, 7) is 2.26. The van der Waals surface area contributed by atoms with Crippen molar-refractivity contribution < 1.29 is 33.0 Å². The van der Waals surface area contributed by atoms with E-state index in [0.29, 0.717) is 28.1 Å². The first-order valence-corrected chi connectivity index (χ1v) is 13.7. The quantitative estimate of drug-likeness (QED) is 0.123. The van der Waals surface area contributed by atoms with Crippen LogP contribution >= 0.6 is 27.5 Å². The number of carbonyl (C=O) groups is 3. The Morgan fingerprint density at radius 3 is 2.66 bits per heavy atom. The van der Waals surface area contributed by atoms with E-state index in [9.17, 15) is 14.4 Å². The SMILES string of the molecule is CCOc1cc(/C=C2\NC(=O)N(Cc3ccc(C(=O)OC)o3)C2=O)c(Br)c(Cl)c1OCc1cccc2ccccc12. The molecule has 0 spiro atoms. The van der Waals surface area contributed by atoms with Crippen LogP contribution in [0, 0.1) is 0 Å². The van der Waals surface area contributed by atoms with Crippen molar-refractivity contribution in [3.05, 3.63) is 98.5 Å². The second-order valence-corrected chi connectivity index (χ2v) is 10.1. The Hall–Kier alpha value is -4.28. The molecular formula is C30H24BrClN2O7. The molecule has 1 aliphatic heterocycles. The zero-order valence-corrected chi connectivity index (χ0v) is 24.4. The highest BCUT2D eigenvalue weighted by molar-refractivity contribution is 9.10. The van der Waals surface area contributed by atoms with E-state index < -0.39 is 17.9 Å². The molecule has 3 aromatic carbocycles. The number of fused-ring (bicyclic) bond motifs is 1. The van der Waals surface area contributed by atoms with Crippen molar-refractivity contribution in [1.82, 2.24) is 10.2 Å². The van der Waals surface area contributed by atoms with E-state index in [4.69, 9.17) is 25.5 Å². The second kappa shape index (κ2) is 12.1. The van der Waals surface area contributed by atoms with Gasteiger partial charge in [-0.25, -0.2) is 9.59 Å². The van der Waals surface area contributed by atoms with Gasteiger partial charge in [0.25, 0.3) is 5.91 Å². The number of furan rings is 1. The fourth-order valence-corrected chi connectivity index (χ4v) is 5.04. The molecule has 0 aliphatic carbocycles. The number of urea groups is 1. The van der Waals surface area contributed by atoms with E-state index in [1.54, 1.807) is 6.07 Å². The van der Waals surface area contributed by atoms with Gasteiger partial charge in [0.15, 0.2) is 11.5 Å². The number of hydrogen-bond acceptors (Lipinski definition) is 7. The molecule has 0 bridgehead atoms. The van der Waals surface area contributed by atoms with Crippen molar-refractivity contribution in [3.8, 4) is 11.5 Å². The number of nitrogens with zero attached hydrogens (tertiary/aromatic N) is 1. The van der Waals surface area contributed by atoms with E-state index in [0.717, 1.165) is 21.2 Å². The lowest BCUT2D eigenvalue weighted by Crippen LogP contribution is -2.30. The van der Waals surface area contributed by atoms with Crippen molar-refractivity contribution in [2.24, 2.45) is 0 Å². The molecule has 0 atom stereocenters. The fraction of sp³-hybridized carbons (Fsp3) is 0.167. The van der Waals surface area contributed by atoms with Gasteiger partial charge in [-0.2, -0.15) is 0 Å². The highest BCUT2D eigenvalue weighted by Gasteiger charge is 2.35. The van der Waals surface area contributed by atoms with Crippen LogP contribution in [0.3, 0.4) is 0 Å². The summed E-state index contributed by atoms with van der Waals surface area (Å²) >= 11 is 10.2. The fourth-order valence-electron chi connectivity index (χ4n) is 4.37. The minimum Gasteiger partial charge on any atom is -0.490 e. The maximum Gasteiger partial charge on any atom is 0.373 e. The number of carbonyl (C=O) groups excluding carboxylic acids is 3. The summed E-state index contributed by atoms with van der Waals surface area (Å²) in [5.41, 5.74) is 1.50. The summed E-state index contributed by atoms with van der Waals surface area (Å²) in [6, 6.07) is 18.0. The van der Waals surface area contributed by atoms with E-state index in [1.165, 1.54) is 25.3 Å². The van der Waals surface area contributed by atoms with Crippen molar-refractivity contribution in [2.75, 3.05) is 13.7 Å². The zero-order chi connectivity index (χ0) is 29.1. The van der Waals surface area contributed by atoms with Gasteiger partial charge in [-0.3, -0.25) is 9.69 Å². The van der Waals surface area contributed by atoms with Gasteiger partial charge >= 0.3 is 12.0 Å². The molecule has 2 heterocycles. The monoisotopic (exact) mass is 638 g/mol. The molecule has 4 aromatic rings. The van der Waals surface area contributed by atoms with Gasteiger partial charge in [-0.15, -0.1) is 0 Å². The molecule has 1 N–H and O–H groups in total. The Morgan fingerprint density at radius 2 is 1.88 bits per heavy atom. The van der Waals surface area contributed by atoms with Crippen LogP contribution < -0.4 is 14.8 Å². The molecule has 9 nitrogen and oxygen atoms in total. The summed E-state index contributed by atoms with van der Waals surface area (Å²) in [5, 5.41) is 4.99. The Kier molecular flexibility index (Phi) is 8.32. The highest BCUT2D eigenvalue weighted by atomic mass is 79.9. The van der Waals surface area contributed by atoms with Crippen molar-refractivity contribution in [3.63, 3.8) is 0 Å². The lowest BCUT2D eigenvalue weighted by molar-refractivity contribution is -0.123. The predicted octanol–water partition coefficient (Wildman–Crippen LogP) is 6.71. The smallest absolute Gasteiger partial charge is 0.373 e. The van der Waals surface area contributed by atoms with Gasteiger partial charge in [-0.1, -0.05) is 54.1 Å². The Balaban J connectivity index is 1.40. The van der Waals surface area contributed by atoms with E-state index in [2.05, 4.69) is 26.0 Å². The molecule has 0 unspecified atom stereocenters. The molecular weight excluding hydrogens is 616 g/mol. The normalized spacial score (nSPS) is 14.0. The molecule has 210 valence electrons. The van der Waals surface area contributed by atoms with Crippen molar-refractivity contribution in [2.45, 2.75) is 20.1 Å². The van der Waals surface area contributed by atoms with Gasteiger partial charge in [0.05, 0.1) is 20.3 Å². The van der Waals surface area contributed by atoms with E-state index in [-0.39, 0.29) is 35.4 Å². The summed E-state index contributed by atoms with van der Waals surface area (Å²) in [7, 11) is 1.23. The van der Waals surface area contributed by atoms with Gasteiger partial charge in [-0.05, 0) is 69.0 Å². The maximum atomic E-state index is 13.1. The molecule has 5 rings (SSSR count). The molecule has 1 aliphatic rings. The van der Waals surface area contributed by atoms with Crippen LogP contribution in [-0.4, -0.2) is 36.5 Å². The number of rotatable bonds is 9. The topological polar surface area (TPSA) is 107 Å². The van der Waals surface area contributed by atoms with Crippen LogP contribution in [0.4, 0.5) is 4.79 Å². The number of halogens is 2. The predicted molar refractivity (Wildman–Crippen MR) is 156 cm³/mol. The first-order chi connectivity index (χ1) is 19.8. The minimum absolute atomic E-state index is 0.0263. The highest BCUT2D eigenvalue weighted by Crippen LogP contribution is 2.44. The molecule has 41 heavy (non-hydrogen) atoms. The van der Waals surface area contributed by atoms with Crippen LogP contribution in [0.5, 0.6) is 11.5 Å². The first-order valence-electron chi connectivity index (χ1n) is 12.6. The molecule has 1 saturated heterocycles. The Morgan fingerprint density at radius 1 is 1.10 bits per heavy atom. The third kappa shape index (κ3) is 5.79. The van der Waals surface area contributed by atoms with Gasteiger partial charge < -0.3 is 23.9 Å². The first kappa shape index (κ1) is 28.3. The molecule has 1 aromatic heterocycles. The average Bonchev–Trinajstić information content (AvgIpc) is 3.55. The molecule has 3 amide bonds. The number of nitrogens with one attached hydrogen (secondary N) is 1. The Bertz CT molecular complexity index is 1690. The molecule has 11 heteroatoms. The summed E-state index contributed by atoms with van der Waals surface area (Å²) < 4.78 is 22.5. The van der Waals surface area contributed by atoms with Gasteiger partial charge in [0.2, 0.25) is 5.76 Å². The largest absolute Gasteiger partial charge is 0.490 e. The number of hydrogen-bond donors (Lipinski definition) is 1. The third-order valence-corrected chi connectivity index (χ3v) is 7.78. The molecule has 0 radical (unpaired) electrons. The summed E-state index contributed by atoms with van der Waals surface area (Å²) in [4.78, 5) is 38.3. The molecule has 1 fully saturated rings.